The third-order valence-electron chi connectivity index (χ3n) is 3.33. The Morgan fingerprint density at radius 3 is 2.65 bits per heavy atom. The zero-order valence-corrected chi connectivity index (χ0v) is 11.5. The molecule has 1 aliphatic rings. The van der Waals surface area contributed by atoms with Crippen molar-refractivity contribution in [2.75, 3.05) is 0 Å². The van der Waals surface area contributed by atoms with Gasteiger partial charge in [0.25, 0.3) is 0 Å². The Bertz CT molecular complexity index is 376. The van der Waals surface area contributed by atoms with Gasteiger partial charge in [0.2, 0.25) is 0 Å². The van der Waals surface area contributed by atoms with Crippen LogP contribution in [0.2, 0.25) is 10.2 Å². The van der Waals surface area contributed by atoms with Crippen molar-refractivity contribution in [3.63, 3.8) is 0 Å². The molecule has 2 nitrogen and oxygen atoms in total. The minimum absolute atomic E-state index is 0.373. The first-order valence-electron chi connectivity index (χ1n) is 6.06. The molecule has 17 heavy (non-hydrogen) atoms. The number of hydrogen-bond donors (Lipinski definition) is 0. The zero-order valence-electron chi connectivity index (χ0n) is 9.96. The van der Waals surface area contributed by atoms with E-state index in [1.165, 1.54) is 12.8 Å². The highest BCUT2D eigenvalue weighted by atomic mass is 35.5. The Morgan fingerprint density at radius 1 is 1.29 bits per heavy atom. The van der Waals surface area contributed by atoms with Crippen LogP contribution in [0.25, 0.3) is 0 Å². The van der Waals surface area contributed by atoms with Crippen molar-refractivity contribution in [1.82, 2.24) is 4.98 Å². The summed E-state index contributed by atoms with van der Waals surface area (Å²) in [6.07, 6.45) is 6.89. The Kier molecular flexibility index (Phi) is 4.66. The largest absolute Gasteiger partial charge is 0.373 e. The predicted octanol–water partition coefficient (Wildman–Crippen LogP) is 4.48. The summed E-state index contributed by atoms with van der Waals surface area (Å²) in [5.74, 6) is 0.843. The van der Waals surface area contributed by atoms with E-state index in [2.05, 4.69) is 11.9 Å². The molecule has 0 aromatic carbocycles. The number of nitrogens with zero attached hydrogens (tertiary/aromatic N) is 1. The molecular formula is C13H17Cl2NO. The monoisotopic (exact) mass is 273 g/mol. The van der Waals surface area contributed by atoms with Gasteiger partial charge < -0.3 is 4.74 Å². The van der Waals surface area contributed by atoms with E-state index in [9.17, 15) is 0 Å². The van der Waals surface area contributed by atoms with Crippen LogP contribution in [0.4, 0.5) is 0 Å². The number of halogens is 2. The van der Waals surface area contributed by atoms with Gasteiger partial charge in [0.15, 0.2) is 0 Å². The maximum Gasteiger partial charge on any atom is 0.130 e. The summed E-state index contributed by atoms with van der Waals surface area (Å²) in [5.41, 5.74) is 0.912. The van der Waals surface area contributed by atoms with Gasteiger partial charge in [-0.05, 0) is 37.7 Å². The second-order valence-electron chi connectivity index (χ2n) is 4.79. The number of rotatable bonds is 3. The molecule has 0 bridgehead atoms. The van der Waals surface area contributed by atoms with Gasteiger partial charge in [-0.3, -0.25) is 0 Å². The Morgan fingerprint density at radius 2 is 2.00 bits per heavy atom. The molecule has 1 aliphatic carbocycles. The summed E-state index contributed by atoms with van der Waals surface area (Å²) < 4.78 is 5.87. The van der Waals surface area contributed by atoms with Crippen molar-refractivity contribution in [2.45, 2.75) is 45.3 Å². The second kappa shape index (κ2) is 6.03. The Labute approximate surface area is 112 Å². The molecule has 0 aliphatic heterocycles. The number of hydrogen-bond acceptors (Lipinski definition) is 2. The minimum atomic E-state index is 0.373. The Balaban J connectivity index is 1.85. The number of aromatic nitrogens is 1. The standard InChI is InChI=1S/C13H17Cl2NO/c1-9-2-4-11(5-3-9)17-8-10-7-16-13(15)6-12(10)14/h6-7,9,11H,2-5,8H2,1H3. The maximum atomic E-state index is 6.07. The van der Waals surface area contributed by atoms with Crippen LogP contribution in [0.5, 0.6) is 0 Å². The second-order valence-corrected chi connectivity index (χ2v) is 5.59. The van der Waals surface area contributed by atoms with Gasteiger partial charge in [-0.25, -0.2) is 4.98 Å². The van der Waals surface area contributed by atoms with E-state index in [0.29, 0.717) is 22.9 Å². The van der Waals surface area contributed by atoms with Crippen molar-refractivity contribution in [3.8, 4) is 0 Å². The molecule has 0 spiro atoms. The third-order valence-corrected chi connectivity index (χ3v) is 3.89. The highest BCUT2D eigenvalue weighted by molar-refractivity contribution is 6.34. The van der Waals surface area contributed by atoms with Gasteiger partial charge in [-0.1, -0.05) is 30.1 Å². The summed E-state index contributed by atoms with van der Waals surface area (Å²) in [5, 5.41) is 1.06. The molecule has 0 unspecified atom stereocenters. The molecule has 1 aromatic rings. The average Bonchev–Trinajstić information content (AvgIpc) is 2.30. The van der Waals surface area contributed by atoms with Crippen molar-refractivity contribution >= 4 is 23.2 Å². The molecule has 0 saturated heterocycles. The molecule has 4 heteroatoms. The molecule has 94 valence electrons. The first-order chi connectivity index (χ1) is 8.15. The van der Waals surface area contributed by atoms with Gasteiger partial charge in [0.1, 0.15) is 5.15 Å². The van der Waals surface area contributed by atoms with Crippen LogP contribution in [0, 0.1) is 5.92 Å². The van der Waals surface area contributed by atoms with Crippen molar-refractivity contribution in [3.05, 3.63) is 28.0 Å². The molecule has 0 N–H and O–H groups in total. The maximum absolute atomic E-state index is 6.07. The normalized spacial score (nSPS) is 24.9. The molecule has 1 heterocycles. The molecule has 1 aromatic heterocycles. The number of ether oxygens (including phenoxy) is 1. The summed E-state index contributed by atoms with van der Waals surface area (Å²) in [6.45, 7) is 2.83. The van der Waals surface area contributed by atoms with E-state index in [1.54, 1.807) is 12.3 Å². The van der Waals surface area contributed by atoms with Crippen LogP contribution in [-0.4, -0.2) is 11.1 Å². The quantitative estimate of drug-likeness (QED) is 0.758. The lowest BCUT2D eigenvalue weighted by Crippen LogP contribution is -2.20. The summed E-state index contributed by atoms with van der Waals surface area (Å²) in [4.78, 5) is 4.02. The molecule has 1 fully saturated rings. The van der Waals surface area contributed by atoms with Crippen molar-refractivity contribution in [2.24, 2.45) is 5.92 Å². The van der Waals surface area contributed by atoms with E-state index in [0.717, 1.165) is 24.3 Å². The van der Waals surface area contributed by atoms with Crippen LogP contribution in [0.1, 0.15) is 38.2 Å². The fourth-order valence-electron chi connectivity index (χ4n) is 2.15. The van der Waals surface area contributed by atoms with Crippen molar-refractivity contribution < 1.29 is 4.74 Å². The topological polar surface area (TPSA) is 22.1 Å². The highest BCUT2D eigenvalue weighted by Gasteiger charge is 2.18. The van der Waals surface area contributed by atoms with Gasteiger partial charge in [0, 0.05) is 11.8 Å². The SMILES string of the molecule is CC1CCC(OCc2cnc(Cl)cc2Cl)CC1. The van der Waals surface area contributed by atoms with E-state index in [4.69, 9.17) is 27.9 Å². The van der Waals surface area contributed by atoms with E-state index in [1.807, 2.05) is 0 Å². The summed E-state index contributed by atoms with van der Waals surface area (Å²) >= 11 is 11.8. The molecular weight excluding hydrogens is 257 g/mol. The van der Waals surface area contributed by atoms with Crippen LogP contribution in [0.3, 0.4) is 0 Å². The van der Waals surface area contributed by atoms with Crippen molar-refractivity contribution in [1.29, 1.82) is 0 Å². The fourth-order valence-corrected chi connectivity index (χ4v) is 2.57. The third kappa shape index (κ3) is 3.84. The lowest BCUT2D eigenvalue weighted by atomic mass is 9.89. The Hall–Kier alpha value is -0.310. The van der Waals surface area contributed by atoms with E-state index >= 15 is 0 Å². The molecule has 1 saturated carbocycles. The molecule has 0 amide bonds. The van der Waals surface area contributed by atoms with E-state index in [-0.39, 0.29) is 0 Å². The van der Waals surface area contributed by atoms with E-state index < -0.39 is 0 Å². The smallest absolute Gasteiger partial charge is 0.130 e. The van der Waals surface area contributed by atoms with Gasteiger partial charge >= 0.3 is 0 Å². The molecule has 0 radical (unpaired) electrons. The number of pyridine rings is 1. The van der Waals surface area contributed by atoms with Crippen LogP contribution >= 0.6 is 23.2 Å². The first kappa shape index (κ1) is 13.1. The average molecular weight is 274 g/mol. The minimum Gasteiger partial charge on any atom is -0.373 e. The lowest BCUT2D eigenvalue weighted by Gasteiger charge is -2.26. The van der Waals surface area contributed by atoms with Gasteiger partial charge in [-0.15, -0.1) is 0 Å². The van der Waals surface area contributed by atoms with Crippen LogP contribution in [-0.2, 0) is 11.3 Å². The lowest BCUT2D eigenvalue weighted by molar-refractivity contribution is 0.00870. The molecule has 2 rings (SSSR count). The summed E-state index contributed by atoms with van der Waals surface area (Å²) in [7, 11) is 0. The van der Waals surface area contributed by atoms with Crippen LogP contribution in [0.15, 0.2) is 12.3 Å². The first-order valence-corrected chi connectivity index (χ1v) is 6.82. The van der Waals surface area contributed by atoms with Gasteiger partial charge in [0.05, 0.1) is 17.7 Å². The molecule has 0 atom stereocenters. The van der Waals surface area contributed by atoms with Gasteiger partial charge in [-0.2, -0.15) is 0 Å². The summed E-state index contributed by atoms with van der Waals surface area (Å²) in [6, 6.07) is 1.66. The highest BCUT2D eigenvalue weighted by Crippen LogP contribution is 2.27. The predicted molar refractivity (Wildman–Crippen MR) is 70.5 cm³/mol. The van der Waals surface area contributed by atoms with Crippen LogP contribution < -0.4 is 0 Å². The fraction of sp³-hybridized carbons (Fsp3) is 0.615. The zero-order chi connectivity index (χ0) is 12.3.